The molecule has 0 amide bonds. The van der Waals surface area contributed by atoms with Gasteiger partial charge in [-0.15, -0.1) is 0 Å². The molecule has 0 saturated heterocycles. The van der Waals surface area contributed by atoms with E-state index in [-0.39, 0.29) is 6.04 Å². The van der Waals surface area contributed by atoms with Crippen LogP contribution in [0.1, 0.15) is 18.5 Å². The number of fused-ring (bicyclic) bond motifs is 1. The molecular formula is C24H23N3OS. The lowest BCUT2D eigenvalue weighted by Gasteiger charge is -2.19. The molecule has 1 atom stereocenters. The van der Waals surface area contributed by atoms with Gasteiger partial charge in [0.1, 0.15) is 5.75 Å². The Hall–Kier alpha value is -3.31. The van der Waals surface area contributed by atoms with E-state index in [1.54, 1.807) is 7.11 Å². The normalized spacial score (nSPS) is 11.8. The summed E-state index contributed by atoms with van der Waals surface area (Å²) in [5.74, 6) is 0.737. The Balaban J connectivity index is 1.56. The molecule has 0 saturated carbocycles. The van der Waals surface area contributed by atoms with E-state index in [1.165, 1.54) is 10.9 Å². The lowest BCUT2D eigenvalue weighted by atomic mass is 10.1. The first kappa shape index (κ1) is 19.0. The van der Waals surface area contributed by atoms with Crippen LogP contribution >= 0.6 is 12.2 Å². The molecule has 0 fully saturated rings. The highest BCUT2D eigenvalue weighted by atomic mass is 32.1. The summed E-state index contributed by atoms with van der Waals surface area (Å²) in [7, 11) is 1.66. The molecule has 0 aliphatic heterocycles. The number of thiocarbonyl (C=S) groups is 1. The molecule has 1 heterocycles. The van der Waals surface area contributed by atoms with E-state index in [2.05, 4.69) is 52.9 Å². The van der Waals surface area contributed by atoms with Crippen LogP contribution < -0.4 is 15.4 Å². The van der Waals surface area contributed by atoms with Gasteiger partial charge in [-0.3, -0.25) is 0 Å². The predicted molar refractivity (Wildman–Crippen MR) is 125 cm³/mol. The Bertz CT molecular complexity index is 1100. The molecule has 0 radical (unpaired) electrons. The molecule has 1 aromatic heterocycles. The molecule has 4 rings (SSSR count). The van der Waals surface area contributed by atoms with E-state index in [4.69, 9.17) is 17.0 Å². The fourth-order valence-electron chi connectivity index (χ4n) is 3.38. The maximum atomic E-state index is 5.55. The number of anilines is 1. The predicted octanol–water partition coefficient (Wildman–Crippen LogP) is 5.89. The summed E-state index contributed by atoms with van der Waals surface area (Å²) in [5, 5.41) is 8.35. The molecule has 0 bridgehead atoms. The van der Waals surface area contributed by atoms with Crippen molar-refractivity contribution in [2.75, 3.05) is 12.4 Å². The van der Waals surface area contributed by atoms with Crippen LogP contribution in [-0.4, -0.2) is 17.2 Å². The third-order valence-corrected chi connectivity index (χ3v) is 5.16. The van der Waals surface area contributed by atoms with Crippen LogP contribution in [0.5, 0.6) is 5.75 Å². The largest absolute Gasteiger partial charge is 0.495 e. The van der Waals surface area contributed by atoms with Crippen LogP contribution in [-0.2, 0) is 0 Å². The summed E-state index contributed by atoms with van der Waals surface area (Å²) in [5.41, 5.74) is 5.22. The summed E-state index contributed by atoms with van der Waals surface area (Å²) < 4.78 is 5.53. The number of aromatic nitrogens is 1. The highest BCUT2D eigenvalue weighted by Gasteiger charge is 2.11. The summed E-state index contributed by atoms with van der Waals surface area (Å²) in [6.45, 7) is 2.08. The van der Waals surface area contributed by atoms with Crippen molar-refractivity contribution in [2.24, 2.45) is 0 Å². The van der Waals surface area contributed by atoms with Crippen molar-refractivity contribution in [1.82, 2.24) is 10.3 Å². The zero-order chi connectivity index (χ0) is 20.2. The van der Waals surface area contributed by atoms with E-state index < -0.39 is 0 Å². The summed E-state index contributed by atoms with van der Waals surface area (Å²) in [6, 6.07) is 26.7. The van der Waals surface area contributed by atoms with Gasteiger partial charge in [0.15, 0.2) is 5.11 Å². The Morgan fingerprint density at radius 1 is 0.966 bits per heavy atom. The molecule has 3 aromatic carbocycles. The zero-order valence-corrected chi connectivity index (χ0v) is 17.2. The third kappa shape index (κ3) is 4.25. The van der Waals surface area contributed by atoms with E-state index in [0.717, 1.165) is 28.2 Å². The van der Waals surface area contributed by atoms with Gasteiger partial charge in [-0.1, -0.05) is 48.5 Å². The minimum atomic E-state index is 0.0964. The summed E-state index contributed by atoms with van der Waals surface area (Å²) >= 11 is 5.55. The van der Waals surface area contributed by atoms with Crippen molar-refractivity contribution in [2.45, 2.75) is 13.0 Å². The number of hydrogen-bond donors (Lipinski definition) is 3. The van der Waals surface area contributed by atoms with Crippen LogP contribution in [0.2, 0.25) is 0 Å². The third-order valence-electron chi connectivity index (χ3n) is 4.94. The van der Waals surface area contributed by atoms with E-state index in [1.807, 2.05) is 48.5 Å². The van der Waals surface area contributed by atoms with Crippen LogP contribution in [0.4, 0.5) is 5.69 Å². The Morgan fingerprint density at radius 2 is 1.72 bits per heavy atom. The molecular weight excluding hydrogens is 378 g/mol. The van der Waals surface area contributed by atoms with Crippen molar-refractivity contribution in [3.63, 3.8) is 0 Å². The fourth-order valence-corrected chi connectivity index (χ4v) is 3.67. The highest BCUT2D eigenvalue weighted by Crippen LogP contribution is 2.32. The quantitative estimate of drug-likeness (QED) is 0.365. The van der Waals surface area contributed by atoms with Gasteiger partial charge in [0.05, 0.1) is 18.8 Å². The van der Waals surface area contributed by atoms with Crippen LogP contribution in [0, 0.1) is 0 Å². The number of ether oxygens (including phenoxy) is 1. The fraction of sp³-hybridized carbons (Fsp3) is 0.125. The molecule has 1 unspecified atom stereocenters. The smallest absolute Gasteiger partial charge is 0.171 e. The van der Waals surface area contributed by atoms with Crippen molar-refractivity contribution < 1.29 is 4.74 Å². The number of aromatic amines is 1. The summed E-state index contributed by atoms with van der Waals surface area (Å²) in [6.07, 6.45) is 0. The maximum absolute atomic E-state index is 5.55. The van der Waals surface area contributed by atoms with Gasteiger partial charge < -0.3 is 20.4 Å². The summed E-state index contributed by atoms with van der Waals surface area (Å²) in [4.78, 5) is 3.47. The number of benzene rings is 3. The number of rotatable bonds is 5. The van der Waals surface area contributed by atoms with E-state index >= 15 is 0 Å². The first-order valence-corrected chi connectivity index (χ1v) is 9.93. The van der Waals surface area contributed by atoms with E-state index in [0.29, 0.717) is 5.11 Å². The van der Waals surface area contributed by atoms with Gasteiger partial charge in [-0.05, 0) is 55.0 Å². The molecule has 0 spiro atoms. The Labute approximate surface area is 175 Å². The Kier molecular flexibility index (Phi) is 5.49. The maximum Gasteiger partial charge on any atom is 0.171 e. The molecule has 4 nitrogen and oxygen atoms in total. The van der Waals surface area contributed by atoms with E-state index in [9.17, 15) is 0 Å². The second-order valence-electron chi connectivity index (χ2n) is 6.92. The van der Waals surface area contributed by atoms with Gasteiger partial charge >= 0.3 is 0 Å². The van der Waals surface area contributed by atoms with Gasteiger partial charge in [0.25, 0.3) is 0 Å². The second kappa shape index (κ2) is 8.37. The molecule has 0 aliphatic carbocycles. The van der Waals surface area contributed by atoms with Crippen LogP contribution in [0.25, 0.3) is 22.2 Å². The first-order valence-electron chi connectivity index (χ1n) is 9.52. The standard InChI is InChI=1S/C24H23N3OS/c1-16(17-8-4-3-5-9-17)25-24(29)27-22-15-19(12-13-23(22)28-2)21-14-18-10-6-7-11-20(18)26-21/h3-16,26H,1-2H3,(H2,25,27,29). The van der Waals surface area contributed by atoms with Gasteiger partial charge in [-0.2, -0.15) is 0 Å². The van der Waals surface area contributed by atoms with Crippen molar-refractivity contribution >= 4 is 33.9 Å². The molecule has 3 N–H and O–H groups in total. The zero-order valence-electron chi connectivity index (χ0n) is 16.4. The molecule has 146 valence electrons. The molecule has 4 aromatic rings. The first-order chi connectivity index (χ1) is 14.1. The average molecular weight is 402 g/mol. The number of hydrogen-bond acceptors (Lipinski definition) is 2. The molecule has 29 heavy (non-hydrogen) atoms. The number of para-hydroxylation sites is 1. The number of H-pyrrole nitrogens is 1. The van der Waals surface area contributed by atoms with Crippen molar-refractivity contribution in [3.8, 4) is 17.0 Å². The molecule has 0 aliphatic rings. The number of nitrogens with one attached hydrogen (secondary N) is 3. The van der Waals surface area contributed by atoms with Gasteiger partial charge in [-0.25, -0.2) is 0 Å². The lowest BCUT2D eigenvalue weighted by Crippen LogP contribution is -2.31. The van der Waals surface area contributed by atoms with Crippen molar-refractivity contribution in [1.29, 1.82) is 0 Å². The topological polar surface area (TPSA) is 49.1 Å². The minimum Gasteiger partial charge on any atom is -0.495 e. The van der Waals surface area contributed by atoms with Crippen LogP contribution in [0.15, 0.2) is 78.9 Å². The average Bonchev–Trinajstić information content (AvgIpc) is 3.18. The highest BCUT2D eigenvalue weighted by molar-refractivity contribution is 7.80. The Morgan fingerprint density at radius 3 is 2.48 bits per heavy atom. The van der Waals surface area contributed by atoms with Crippen LogP contribution in [0.3, 0.4) is 0 Å². The second-order valence-corrected chi connectivity index (χ2v) is 7.32. The SMILES string of the molecule is COc1ccc(-c2cc3ccccc3[nH]2)cc1NC(=S)NC(C)c1ccccc1. The monoisotopic (exact) mass is 401 g/mol. The molecule has 5 heteroatoms. The van der Waals surface area contributed by atoms with Gasteiger partial charge in [0, 0.05) is 22.2 Å². The van der Waals surface area contributed by atoms with Gasteiger partial charge in [0.2, 0.25) is 0 Å². The lowest BCUT2D eigenvalue weighted by molar-refractivity contribution is 0.417. The number of methoxy groups -OCH3 is 1. The minimum absolute atomic E-state index is 0.0964. The van der Waals surface area contributed by atoms with Crippen molar-refractivity contribution in [3.05, 3.63) is 84.4 Å².